The summed E-state index contributed by atoms with van der Waals surface area (Å²) in [6, 6.07) is 1.48. The Morgan fingerprint density at radius 3 is 2.79 bits per heavy atom. The molecule has 7 heteroatoms. The number of hydrogen-bond donors (Lipinski definition) is 2. The molecule has 0 aliphatic carbocycles. The maximum atomic E-state index is 13.4. The average molecular weight is 294 g/mol. The zero-order valence-corrected chi connectivity index (χ0v) is 11.0. The van der Waals surface area contributed by atoms with E-state index in [2.05, 4.69) is 5.32 Å². The Bertz CT molecular complexity index is 457. The van der Waals surface area contributed by atoms with Crippen molar-refractivity contribution in [2.24, 2.45) is 0 Å². The van der Waals surface area contributed by atoms with Crippen molar-refractivity contribution in [1.29, 1.82) is 0 Å². The van der Waals surface area contributed by atoms with E-state index in [9.17, 15) is 18.7 Å². The predicted molar refractivity (Wildman–Crippen MR) is 66.2 cm³/mol. The van der Waals surface area contributed by atoms with E-state index >= 15 is 0 Å². The van der Waals surface area contributed by atoms with Crippen LogP contribution in [-0.2, 0) is 4.74 Å². The Balaban J connectivity index is 2.57. The van der Waals surface area contributed by atoms with E-state index in [4.69, 9.17) is 16.3 Å². The molecule has 1 aromatic rings. The molecule has 0 bridgehead atoms. The highest BCUT2D eigenvalue weighted by Gasteiger charge is 2.15. The molecule has 0 fully saturated rings. The van der Waals surface area contributed by atoms with Crippen molar-refractivity contribution in [3.8, 4) is 0 Å². The molecule has 1 atom stereocenters. The van der Waals surface area contributed by atoms with Crippen LogP contribution in [0.15, 0.2) is 12.1 Å². The number of amides is 1. The van der Waals surface area contributed by atoms with E-state index in [-0.39, 0.29) is 24.6 Å². The molecular formula is C12H14ClF2NO3. The Morgan fingerprint density at radius 2 is 2.16 bits per heavy atom. The fourth-order valence-corrected chi connectivity index (χ4v) is 1.57. The van der Waals surface area contributed by atoms with Gasteiger partial charge < -0.3 is 15.2 Å². The minimum absolute atomic E-state index is 0.118. The van der Waals surface area contributed by atoms with Crippen molar-refractivity contribution in [2.75, 3.05) is 20.3 Å². The molecule has 4 nitrogen and oxygen atoms in total. The number of halogens is 3. The van der Waals surface area contributed by atoms with Crippen molar-refractivity contribution >= 4 is 17.5 Å². The van der Waals surface area contributed by atoms with Gasteiger partial charge >= 0.3 is 0 Å². The number of carbonyl (C=O) groups excluding carboxylic acids is 1. The lowest BCUT2D eigenvalue weighted by molar-refractivity contribution is 0.0587. The van der Waals surface area contributed by atoms with E-state index < -0.39 is 29.2 Å². The first-order valence-electron chi connectivity index (χ1n) is 5.55. The smallest absolute Gasteiger partial charge is 0.254 e. The van der Waals surface area contributed by atoms with Gasteiger partial charge in [-0.2, -0.15) is 0 Å². The highest BCUT2D eigenvalue weighted by Crippen LogP contribution is 2.19. The van der Waals surface area contributed by atoms with Gasteiger partial charge in [0.1, 0.15) is 11.6 Å². The molecular weight excluding hydrogens is 280 g/mol. The van der Waals surface area contributed by atoms with Crippen LogP contribution in [0.1, 0.15) is 16.8 Å². The predicted octanol–water partition coefficient (Wildman–Crippen LogP) is 1.75. The number of ether oxygens (including phenoxy) is 1. The molecule has 19 heavy (non-hydrogen) atoms. The summed E-state index contributed by atoms with van der Waals surface area (Å²) in [6.45, 7) is 0.257. The molecule has 0 heterocycles. The van der Waals surface area contributed by atoms with Gasteiger partial charge in [0.05, 0.1) is 23.3 Å². The number of benzene rings is 1. The third-order valence-corrected chi connectivity index (χ3v) is 2.67. The summed E-state index contributed by atoms with van der Waals surface area (Å²) in [4.78, 5) is 11.6. The number of methoxy groups -OCH3 is 1. The number of aliphatic hydroxyl groups is 1. The lowest BCUT2D eigenvalue weighted by atomic mass is 10.2. The SMILES string of the molecule is COCC(O)CCNC(=O)c1cc(F)c(Cl)cc1F. The monoisotopic (exact) mass is 293 g/mol. The van der Waals surface area contributed by atoms with Crippen LogP contribution in [-0.4, -0.2) is 37.4 Å². The van der Waals surface area contributed by atoms with Gasteiger partial charge in [-0.05, 0) is 18.6 Å². The highest BCUT2D eigenvalue weighted by atomic mass is 35.5. The number of carbonyl (C=O) groups is 1. The Labute approximate surface area is 114 Å². The first-order valence-corrected chi connectivity index (χ1v) is 5.93. The maximum Gasteiger partial charge on any atom is 0.254 e. The third-order valence-electron chi connectivity index (χ3n) is 2.38. The van der Waals surface area contributed by atoms with Crippen LogP contribution >= 0.6 is 11.6 Å². The number of aliphatic hydroxyl groups excluding tert-OH is 1. The fraction of sp³-hybridized carbons (Fsp3) is 0.417. The number of rotatable bonds is 6. The van der Waals surface area contributed by atoms with E-state index in [1.54, 1.807) is 0 Å². The van der Waals surface area contributed by atoms with E-state index in [1.165, 1.54) is 7.11 Å². The van der Waals surface area contributed by atoms with Gasteiger partial charge in [0.2, 0.25) is 0 Å². The Hall–Kier alpha value is -1.24. The van der Waals surface area contributed by atoms with Crippen LogP contribution < -0.4 is 5.32 Å². The second-order valence-electron chi connectivity index (χ2n) is 3.90. The molecule has 2 N–H and O–H groups in total. The summed E-state index contributed by atoms with van der Waals surface area (Å²) in [7, 11) is 1.44. The molecule has 0 spiro atoms. The topological polar surface area (TPSA) is 58.6 Å². The third kappa shape index (κ3) is 4.74. The Morgan fingerprint density at radius 1 is 1.47 bits per heavy atom. The van der Waals surface area contributed by atoms with E-state index in [0.717, 1.165) is 12.1 Å². The lowest BCUT2D eigenvalue weighted by Crippen LogP contribution is -2.29. The summed E-state index contributed by atoms with van der Waals surface area (Å²) < 4.78 is 31.2. The van der Waals surface area contributed by atoms with Gasteiger partial charge in [-0.15, -0.1) is 0 Å². The molecule has 0 aliphatic rings. The number of hydrogen-bond acceptors (Lipinski definition) is 3. The highest BCUT2D eigenvalue weighted by molar-refractivity contribution is 6.30. The largest absolute Gasteiger partial charge is 0.391 e. The molecule has 0 aromatic heterocycles. The van der Waals surface area contributed by atoms with Crippen LogP contribution in [0.4, 0.5) is 8.78 Å². The van der Waals surface area contributed by atoms with Crippen molar-refractivity contribution < 1.29 is 23.4 Å². The van der Waals surface area contributed by atoms with Crippen molar-refractivity contribution in [3.63, 3.8) is 0 Å². The van der Waals surface area contributed by atoms with Crippen LogP contribution in [0.3, 0.4) is 0 Å². The molecule has 1 rings (SSSR count). The van der Waals surface area contributed by atoms with Gasteiger partial charge in [-0.1, -0.05) is 11.6 Å². The van der Waals surface area contributed by atoms with Crippen LogP contribution in [0, 0.1) is 11.6 Å². The Kier molecular flexibility index (Phi) is 6.14. The van der Waals surface area contributed by atoms with Crippen molar-refractivity contribution in [2.45, 2.75) is 12.5 Å². The quantitative estimate of drug-likeness (QED) is 0.786. The summed E-state index contributed by atoms with van der Waals surface area (Å²) >= 11 is 5.38. The van der Waals surface area contributed by atoms with Crippen LogP contribution in [0.2, 0.25) is 5.02 Å². The van der Waals surface area contributed by atoms with E-state index in [0.29, 0.717) is 0 Å². The minimum Gasteiger partial charge on any atom is -0.391 e. The second-order valence-corrected chi connectivity index (χ2v) is 4.31. The zero-order valence-electron chi connectivity index (χ0n) is 10.3. The van der Waals surface area contributed by atoms with Gasteiger partial charge in [-0.25, -0.2) is 8.78 Å². The molecule has 0 radical (unpaired) electrons. The van der Waals surface area contributed by atoms with Gasteiger partial charge in [0, 0.05) is 13.7 Å². The second kappa shape index (κ2) is 7.37. The molecule has 1 aromatic carbocycles. The summed E-state index contributed by atoms with van der Waals surface area (Å²) in [5, 5.41) is 11.3. The first kappa shape index (κ1) is 15.8. The summed E-state index contributed by atoms with van der Waals surface area (Å²) in [5.41, 5.74) is -0.428. The van der Waals surface area contributed by atoms with E-state index in [1.807, 2.05) is 0 Å². The molecule has 0 aliphatic heterocycles. The molecule has 0 saturated heterocycles. The standard InChI is InChI=1S/C12H14ClF2NO3/c1-19-6-7(17)2-3-16-12(18)8-4-11(15)9(13)5-10(8)14/h4-5,7,17H,2-3,6H2,1H3,(H,16,18). The maximum absolute atomic E-state index is 13.4. The average Bonchev–Trinajstić information content (AvgIpc) is 2.34. The van der Waals surface area contributed by atoms with Crippen molar-refractivity contribution in [3.05, 3.63) is 34.4 Å². The number of nitrogens with one attached hydrogen (secondary N) is 1. The normalized spacial score (nSPS) is 12.3. The molecule has 0 saturated carbocycles. The molecule has 1 unspecified atom stereocenters. The van der Waals surface area contributed by atoms with Crippen LogP contribution in [0.25, 0.3) is 0 Å². The minimum atomic E-state index is -0.902. The van der Waals surface area contributed by atoms with Gasteiger partial charge in [-0.3, -0.25) is 4.79 Å². The summed E-state index contributed by atoms with van der Waals surface area (Å²) in [6.07, 6.45) is -0.478. The lowest BCUT2D eigenvalue weighted by Gasteiger charge is -2.10. The summed E-state index contributed by atoms with van der Waals surface area (Å²) in [5.74, 6) is -2.54. The van der Waals surface area contributed by atoms with Gasteiger partial charge in [0.15, 0.2) is 0 Å². The van der Waals surface area contributed by atoms with Crippen LogP contribution in [0.5, 0.6) is 0 Å². The zero-order chi connectivity index (χ0) is 14.4. The molecule has 1 amide bonds. The van der Waals surface area contributed by atoms with Gasteiger partial charge in [0.25, 0.3) is 5.91 Å². The van der Waals surface area contributed by atoms with Crippen molar-refractivity contribution in [1.82, 2.24) is 5.32 Å². The first-order chi connectivity index (χ1) is 8.95. The fourth-order valence-electron chi connectivity index (χ4n) is 1.42. The molecule has 106 valence electrons.